The third-order valence-corrected chi connectivity index (χ3v) is 6.42. The molecule has 164 valence electrons. The van der Waals surface area contributed by atoms with Gasteiger partial charge >= 0.3 is 0 Å². The second kappa shape index (κ2) is 8.84. The van der Waals surface area contributed by atoms with E-state index in [1.807, 2.05) is 6.92 Å². The summed E-state index contributed by atoms with van der Waals surface area (Å²) in [4.78, 5) is 25.3. The zero-order valence-electron chi connectivity index (χ0n) is 17.5. The number of sulfonamides is 1. The quantitative estimate of drug-likeness (QED) is 0.508. The highest BCUT2D eigenvalue weighted by Crippen LogP contribution is 2.23. The molecule has 4 rings (SSSR count). The van der Waals surface area contributed by atoms with Gasteiger partial charge in [0.25, 0.3) is 21.8 Å². The van der Waals surface area contributed by atoms with Crippen molar-refractivity contribution in [2.24, 2.45) is 0 Å². The Bertz CT molecular complexity index is 1270. The number of nitrogens with one attached hydrogen (secondary N) is 3. The van der Waals surface area contributed by atoms with E-state index in [0.717, 1.165) is 18.4 Å². The number of para-hydroxylation sites is 1. The average Bonchev–Trinajstić information content (AvgIpc) is 3.59. The van der Waals surface area contributed by atoms with Crippen LogP contribution in [0.2, 0.25) is 0 Å². The zero-order chi connectivity index (χ0) is 22.7. The van der Waals surface area contributed by atoms with E-state index >= 15 is 0 Å². The van der Waals surface area contributed by atoms with Gasteiger partial charge in [-0.1, -0.05) is 35.9 Å². The van der Waals surface area contributed by atoms with Gasteiger partial charge in [-0.15, -0.1) is 0 Å². The Labute approximate surface area is 186 Å². The van der Waals surface area contributed by atoms with Crippen molar-refractivity contribution in [2.45, 2.75) is 30.7 Å². The summed E-state index contributed by atoms with van der Waals surface area (Å²) in [7, 11) is -3.88. The molecule has 3 aromatic rings. The van der Waals surface area contributed by atoms with Crippen molar-refractivity contribution in [1.82, 2.24) is 5.32 Å². The summed E-state index contributed by atoms with van der Waals surface area (Å²) in [6.07, 6.45) is 1.91. The molecule has 0 heterocycles. The van der Waals surface area contributed by atoms with Crippen molar-refractivity contribution in [3.63, 3.8) is 0 Å². The molecular weight excluding hydrogens is 426 g/mol. The molecule has 1 fully saturated rings. The number of benzene rings is 3. The SMILES string of the molecule is Cc1ccc(NS(=O)(=O)c2cccc(C(=O)Nc3ccccc3C(=O)NC3CC3)c2)cc1. The first-order chi connectivity index (χ1) is 15.3. The number of carbonyl (C=O) groups excluding carboxylic acids is 2. The van der Waals surface area contributed by atoms with Gasteiger partial charge < -0.3 is 10.6 Å². The molecular formula is C24H23N3O4S. The van der Waals surface area contributed by atoms with E-state index in [2.05, 4.69) is 15.4 Å². The molecule has 2 amide bonds. The molecule has 0 atom stereocenters. The molecule has 0 unspecified atom stereocenters. The van der Waals surface area contributed by atoms with Crippen LogP contribution < -0.4 is 15.4 Å². The van der Waals surface area contributed by atoms with Crippen LogP contribution >= 0.6 is 0 Å². The smallest absolute Gasteiger partial charge is 0.261 e. The van der Waals surface area contributed by atoms with Gasteiger partial charge in [0.2, 0.25) is 0 Å². The van der Waals surface area contributed by atoms with Gasteiger partial charge in [-0.05, 0) is 62.2 Å². The normalized spacial score (nSPS) is 13.3. The summed E-state index contributed by atoms with van der Waals surface area (Å²) < 4.78 is 28.1. The largest absolute Gasteiger partial charge is 0.349 e. The predicted molar refractivity (Wildman–Crippen MR) is 123 cm³/mol. The van der Waals surface area contributed by atoms with E-state index in [4.69, 9.17) is 0 Å². The van der Waals surface area contributed by atoms with Crippen molar-refractivity contribution in [1.29, 1.82) is 0 Å². The fourth-order valence-corrected chi connectivity index (χ4v) is 4.22. The lowest BCUT2D eigenvalue weighted by molar-refractivity contribution is 0.0952. The molecule has 8 heteroatoms. The van der Waals surface area contributed by atoms with Gasteiger partial charge in [-0.25, -0.2) is 8.42 Å². The van der Waals surface area contributed by atoms with Crippen LogP contribution in [-0.4, -0.2) is 26.3 Å². The number of rotatable bonds is 7. The number of amides is 2. The van der Waals surface area contributed by atoms with Gasteiger partial charge in [0, 0.05) is 17.3 Å². The van der Waals surface area contributed by atoms with Crippen molar-refractivity contribution in [2.75, 3.05) is 10.0 Å². The molecule has 0 spiro atoms. The van der Waals surface area contributed by atoms with E-state index in [-0.39, 0.29) is 22.4 Å². The molecule has 32 heavy (non-hydrogen) atoms. The number of aryl methyl sites for hydroxylation is 1. The Morgan fingerprint density at radius 2 is 1.59 bits per heavy atom. The first-order valence-electron chi connectivity index (χ1n) is 10.2. The van der Waals surface area contributed by atoms with E-state index in [1.54, 1.807) is 48.5 Å². The Hall–Kier alpha value is -3.65. The van der Waals surface area contributed by atoms with Crippen molar-refractivity contribution in [3.05, 3.63) is 89.5 Å². The molecule has 7 nitrogen and oxygen atoms in total. The van der Waals surface area contributed by atoms with Crippen LogP contribution in [0.5, 0.6) is 0 Å². The maximum atomic E-state index is 12.8. The Morgan fingerprint density at radius 1 is 0.875 bits per heavy atom. The zero-order valence-corrected chi connectivity index (χ0v) is 18.3. The molecule has 0 bridgehead atoms. The van der Waals surface area contributed by atoms with Crippen LogP contribution in [0.15, 0.2) is 77.7 Å². The second-order valence-electron chi connectivity index (χ2n) is 7.75. The highest BCUT2D eigenvalue weighted by atomic mass is 32.2. The van der Waals surface area contributed by atoms with Crippen molar-refractivity contribution in [3.8, 4) is 0 Å². The van der Waals surface area contributed by atoms with Gasteiger partial charge in [0.05, 0.1) is 16.1 Å². The van der Waals surface area contributed by atoms with Crippen LogP contribution in [0.3, 0.4) is 0 Å². The topological polar surface area (TPSA) is 104 Å². The number of carbonyl (C=O) groups is 2. The summed E-state index contributed by atoms with van der Waals surface area (Å²) in [6.45, 7) is 1.91. The summed E-state index contributed by atoms with van der Waals surface area (Å²) >= 11 is 0. The Balaban J connectivity index is 1.53. The fraction of sp³-hybridized carbons (Fsp3) is 0.167. The van der Waals surface area contributed by atoms with Crippen LogP contribution in [0.4, 0.5) is 11.4 Å². The fourth-order valence-electron chi connectivity index (χ4n) is 3.12. The molecule has 1 aliphatic carbocycles. The molecule has 0 aromatic heterocycles. The van der Waals surface area contributed by atoms with Gasteiger partial charge in [-0.3, -0.25) is 14.3 Å². The molecule has 0 saturated heterocycles. The minimum absolute atomic E-state index is 0.0366. The highest BCUT2D eigenvalue weighted by molar-refractivity contribution is 7.92. The summed E-state index contributed by atoms with van der Waals surface area (Å²) in [6, 6.07) is 19.6. The lowest BCUT2D eigenvalue weighted by Crippen LogP contribution is -2.27. The second-order valence-corrected chi connectivity index (χ2v) is 9.43. The highest BCUT2D eigenvalue weighted by Gasteiger charge is 2.25. The number of hydrogen-bond donors (Lipinski definition) is 3. The van der Waals surface area contributed by atoms with Crippen LogP contribution in [-0.2, 0) is 10.0 Å². The van der Waals surface area contributed by atoms with Gasteiger partial charge in [0.1, 0.15) is 0 Å². The van der Waals surface area contributed by atoms with Crippen LogP contribution in [0.1, 0.15) is 39.1 Å². The maximum absolute atomic E-state index is 12.8. The molecule has 3 N–H and O–H groups in total. The van der Waals surface area contributed by atoms with Gasteiger partial charge in [0.15, 0.2) is 0 Å². The minimum atomic E-state index is -3.88. The lowest BCUT2D eigenvalue weighted by Gasteiger charge is -2.12. The lowest BCUT2D eigenvalue weighted by atomic mass is 10.1. The van der Waals surface area contributed by atoms with E-state index in [0.29, 0.717) is 16.9 Å². The molecule has 1 saturated carbocycles. The number of hydrogen-bond acceptors (Lipinski definition) is 4. The summed E-state index contributed by atoms with van der Waals surface area (Å²) in [5.41, 5.74) is 2.33. The Kier molecular flexibility index (Phi) is 5.96. The van der Waals surface area contributed by atoms with Crippen LogP contribution in [0.25, 0.3) is 0 Å². The van der Waals surface area contributed by atoms with Crippen LogP contribution in [0, 0.1) is 6.92 Å². The van der Waals surface area contributed by atoms with E-state index < -0.39 is 15.9 Å². The Morgan fingerprint density at radius 3 is 2.31 bits per heavy atom. The predicted octanol–water partition coefficient (Wildman–Crippen LogP) is 3.94. The van der Waals surface area contributed by atoms with Crippen molar-refractivity contribution < 1.29 is 18.0 Å². The number of anilines is 2. The first kappa shape index (κ1) is 21.6. The summed E-state index contributed by atoms with van der Waals surface area (Å²) in [5.74, 6) is -0.758. The molecule has 0 radical (unpaired) electrons. The monoisotopic (exact) mass is 449 g/mol. The minimum Gasteiger partial charge on any atom is -0.349 e. The average molecular weight is 450 g/mol. The first-order valence-corrected chi connectivity index (χ1v) is 11.7. The van der Waals surface area contributed by atoms with Gasteiger partial charge in [-0.2, -0.15) is 0 Å². The van der Waals surface area contributed by atoms with E-state index in [9.17, 15) is 18.0 Å². The molecule has 1 aliphatic rings. The standard InChI is InChI=1S/C24H23N3O4S/c1-16-9-11-19(12-10-16)27-32(30,31)20-6-4-5-17(15-20)23(28)26-22-8-3-2-7-21(22)24(29)25-18-13-14-18/h2-12,15,18,27H,13-14H2,1H3,(H,25,29)(H,26,28). The third kappa shape index (κ3) is 5.15. The third-order valence-electron chi connectivity index (χ3n) is 5.04. The maximum Gasteiger partial charge on any atom is 0.261 e. The summed E-state index contributed by atoms with van der Waals surface area (Å²) in [5, 5.41) is 5.62. The van der Waals surface area contributed by atoms with E-state index in [1.165, 1.54) is 24.3 Å². The van der Waals surface area contributed by atoms with Crippen molar-refractivity contribution >= 4 is 33.2 Å². The molecule has 0 aliphatic heterocycles. The molecule has 3 aromatic carbocycles.